The van der Waals surface area contributed by atoms with Gasteiger partial charge in [-0.15, -0.1) is 0 Å². The van der Waals surface area contributed by atoms with Crippen molar-refractivity contribution in [3.8, 4) is 5.75 Å². The van der Waals surface area contributed by atoms with Crippen molar-refractivity contribution in [1.82, 2.24) is 10.2 Å². The number of amides is 1. The molecule has 1 N–H and O–H groups in total. The van der Waals surface area contributed by atoms with E-state index in [4.69, 9.17) is 4.74 Å². The van der Waals surface area contributed by atoms with Crippen LogP contribution < -0.4 is 15.0 Å². The Labute approximate surface area is 168 Å². The van der Waals surface area contributed by atoms with Crippen LogP contribution in [0.25, 0.3) is 0 Å². The van der Waals surface area contributed by atoms with Crippen LogP contribution in [0.5, 0.6) is 5.75 Å². The number of nitrogens with zero attached hydrogens (tertiary/aromatic N) is 2. The molecule has 3 rings (SSSR count). The molecule has 2 aromatic rings. The molecule has 0 saturated carbocycles. The lowest BCUT2D eigenvalue weighted by Crippen LogP contribution is -2.44. The van der Waals surface area contributed by atoms with Crippen LogP contribution in [-0.4, -0.2) is 57.2 Å². The Morgan fingerprint density at radius 3 is 2.46 bits per heavy atom. The smallest absolute Gasteiger partial charge is 0.257 e. The van der Waals surface area contributed by atoms with Crippen molar-refractivity contribution in [3.05, 3.63) is 59.7 Å². The molecule has 1 fully saturated rings. The van der Waals surface area contributed by atoms with Gasteiger partial charge in [-0.25, -0.2) is 0 Å². The van der Waals surface area contributed by atoms with E-state index in [-0.39, 0.29) is 12.5 Å². The van der Waals surface area contributed by atoms with Crippen molar-refractivity contribution in [1.29, 1.82) is 0 Å². The largest absolute Gasteiger partial charge is 0.484 e. The Bertz CT molecular complexity index is 753. The lowest BCUT2D eigenvalue weighted by atomic mass is 10.1. The number of likely N-dealkylation sites (N-methyl/N-ethyl adjacent to an activating group) is 1. The van der Waals surface area contributed by atoms with Crippen LogP contribution in [0.4, 0.5) is 5.69 Å². The summed E-state index contributed by atoms with van der Waals surface area (Å²) in [5.74, 6) is 0.687. The fourth-order valence-corrected chi connectivity index (χ4v) is 3.37. The van der Waals surface area contributed by atoms with Gasteiger partial charge in [-0.3, -0.25) is 4.79 Å². The highest BCUT2D eigenvalue weighted by molar-refractivity contribution is 5.77. The molecule has 1 aliphatic heterocycles. The summed E-state index contributed by atoms with van der Waals surface area (Å²) in [5, 5.41) is 2.93. The molecule has 0 bridgehead atoms. The van der Waals surface area contributed by atoms with Crippen molar-refractivity contribution >= 4 is 11.6 Å². The molecule has 150 valence electrons. The molecule has 5 heteroatoms. The number of rotatable bonds is 8. The van der Waals surface area contributed by atoms with E-state index >= 15 is 0 Å². The number of nitrogens with one attached hydrogen (secondary N) is 1. The van der Waals surface area contributed by atoms with Crippen molar-refractivity contribution in [2.75, 3.05) is 51.3 Å². The number of carbonyl (C=O) groups excluding carboxylic acids is 1. The third-order valence-corrected chi connectivity index (χ3v) is 5.22. The summed E-state index contributed by atoms with van der Waals surface area (Å²) in [4.78, 5) is 16.7. The van der Waals surface area contributed by atoms with Crippen LogP contribution in [0, 0.1) is 6.92 Å². The molecule has 0 aliphatic carbocycles. The van der Waals surface area contributed by atoms with Crippen molar-refractivity contribution in [2.45, 2.75) is 19.8 Å². The van der Waals surface area contributed by atoms with Crippen molar-refractivity contribution in [3.63, 3.8) is 0 Å². The highest BCUT2D eigenvalue weighted by Crippen LogP contribution is 2.18. The van der Waals surface area contributed by atoms with E-state index in [1.54, 1.807) is 0 Å². The van der Waals surface area contributed by atoms with Crippen LogP contribution in [0.2, 0.25) is 0 Å². The Morgan fingerprint density at radius 1 is 1.04 bits per heavy atom. The quantitative estimate of drug-likeness (QED) is 0.714. The maximum atomic E-state index is 11.9. The average molecular weight is 382 g/mol. The van der Waals surface area contributed by atoms with E-state index in [0.717, 1.165) is 50.3 Å². The Morgan fingerprint density at radius 2 is 1.75 bits per heavy atom. The summed E-state index contributed by atoms with van der Waals surface area (Å²) in [6.07, 6.45) is 1.88. The van der Waals surface area contributed by atoms with E-state index < -0.39 is 0 Å². The molecule has 1 amide bonds. The number of para-hydroxylation sites is 1. The molecule has 0 spiro atoms. The highest BCUT2D eigenvalue weighted by Gasteiger charge is 2.13. The summed E-state index contributed by atoms with van der Waals surface area (Å²) in [5.41, 5.74) is 3.65. The van der Waals surface area contributed by atoms with Gasteiger partial charge in [-0.2, -0.15) is 0 Å². The molecule has 1 aliphatic rings. The standard InChI is InChI=1S/C23H31N3O2/c1-19-6-3-4-8-22(19)28-18-23(27)24-13-5-7-20-9-11-21(12-10-20)26-16-14-25(2)15-17-26/h3-4,6,8-12H,5,7,13-18H2,1-2H3,(H,24,27). The van der Waals surface area contributed by atoms with Crippen LogP contribution >= 0.6 is 0 Å². The van der Waals surface area contributed by atoms with Crippen LogP contribution in [0.1, 0.15) is 17.5 Å². The van der Waals surface area contributed by atoms with Gasteiger partial charge in [-0.1, -0.05) is 30.3 Å². The van der Waals surface area contributed by atoms with Gasteiger partial charge in [0.05, 0.1) is 0 Å². The number of hydrogen-bond acceptors (Lipinski definition) is 4. The van der Waals surface area contributed by atoms with Gasteiger partial charge in [0.15, 0.2) is 6.61 Å². The van der Waals surface area contributed by atoms with E-state index in [9.17, 15) is 4.79 Å². The first-order valence-electron chi connectivity index (χ1n) is 10.1. The van der Waals surface area contributed by atoms with Crippen molar-refractivity contribution in [2.24, 2.45) is 0 Å². The zero-order valence-corrected chi connectivity index (χ0v) is 17.0. The SMILES string of the molecule is Cc1ccccc1OCC(=O)NCCCc1ccc(N2CCN(C)CC2)cc1. The lowest BCUT2D eigenvalue weighted by Gasteiger charge is -2.34. The molecule has 1 heterocycles. The predicted molar refractivity (Wildman–Crippen MR) is 114 cm³/mol. The fourth-order valence-electron chi connectivity index (χ4n) is 3.37. The summed E-state index contributed by atoms with van der Waals surface area (Å²) < 4.78 is 5.57. The molecular formula is C23H31N3O2. The molecule has 0 unspecified atom stereocenters. The second-order valence-corrected chi connectivity index (χ2v) is 7.46. The Balaban J connectivity index is 1.33. The summed E-state index contributed by atoms with van der Waals surface area (Å²) in [6.45, 7) is 7.12. The second-order valence-electron chi connectivity index (χ2n) is 7.46. The van der Waals surface area contributed by atoms with Crippen LogP contribution in [0.3, 0.4) is 0 Å². The fraction of sp³-hybridized carbons (Fsp3) is 0.435. The molecule has 5 nitrogen and oxygen atoms in total. The number of aryl methyl sites for hydroxylation is 2. The minimum atomic E-state index is -0.0753. The number of ether oxygens (including phenoxy) is 1. The highest BCUT2D eigenvalue weighted by atomic mass is 16.5. The maximum Gasteiger partial charge on any atom is 0.257 e. The number of benzene rings is 2. The first kappa shape index (κ1) is 20.2. The van der Waals surface area contributed by atoms with Gasteiger partial charge in [0.1, 0.15) is 5.75 Å². The van der Waals surface area contributed by atoms with Gasteiger partial charge in [0, 0.05) is 38.4 Å². The summed E-state index contributed by atoms with van der Waals surface area (Å²) in [6, 6.07) is 16.6. The summed E-state index contributed by atoms with van der Waals surface area (Å²) in [7, 11) is 2.17. The monoisotopic (exact) mass is 381 g/mol. The van der Waals surface area contributed by atoms with E-state index in [0.29, 0.717) is 6.54 Å². The van der Waals surface area contributed by atoms with Gasteiger partial charge in [0.25, 0.3) is 5.91 Å². The molecule has 0 aromatic heterocycles. The normalized spacial score (nSPS) is 14.7. The zero-order chi connectivity index (χ0) is 19.8. The van der Waals surface area contributed by atoms with Crippen LogP contribution in [0.15, 0.2) is 48.5 Å². The number of hydrogen-bond donors (Lipinski definition) is 1. The van der Waals surface area contributed by atoms with Crippen molar-refractivity contribution < 1.29 is 9.53 Å². The minimum absolute atomic E-state index is 0.0601. The Hall–Kier alpha value is -2.53. The molecule has 0 radical (unpaired) electrons. The Kier molecular flexibility index (Phi) is 7.31. The van der Waals surface area contributed by atoms with Gasteiger partial charge in [-0.05, 0) is 56.1 Å². The number of anilines is 1. The number of carbonyl (C=O) groups is 1. The maximum absolute atomic E-state index is 11.9. The first-order valence-corrected chi connectivity index (χ1v) is 10.1. The molecule has 0 atom stereocenters. The molecule has 1 saturated heterocycles. The first-order chi connectivity index (χ1) is 13.6. The molecular weight excluding hydrogens is 350 g/mol. The predicted octanol–water partition coefficient (Wildman–Crippen LogP) is 2.87. The van der Waals surface area contributed by atoms with Gasteiger partial charge < -0.3 is 19.9 Å². The average Bonchev–Trinajstić information content (AvgIpc) is 2.72. The van der Waals surface area contributed by atoms with E-state index in [2.05, 4.69) is 46.4 Å². The van der Waals surface area contributed by atoms with Crippen LogP contribution in [-0.2, 0) is 11.2 Å². The second kappa shape index (κ2) is 10.1. The minimum Gasteiger partial charge on any atom is -0.484 e. The van der Waals surface area contributed by atoms with Gasteiger partial charge >= 0.3 is 0 Å². The zero-order valence-electron chi connectivity index (χ0n) is 17.0. The third kappa shape index (κ3) is 5.99. The summed E-state index contributed by atoms with van der Waals surface area (Å²) >= 11 is 0. The topological polar surface area (TPSA) is 44.8 Å². The third-order valence-electron chi connectivity index (χ3n) is 5.22. The van der Waals surface area contributed by atoms with Gasteiger partial charge in [0.2, 0.25) is 0 Å². The molecule has 2 aromatic carbocycles. The lowest BCUT2D eigenvalue weighted by molar-refractivity contribution is -0.123. The molecule has 28 heavy (non-hydrogen) atoms. The van der Waals surface area contributed by atoms with E-state index in [1.165, 1.54) is 11.3 Å². The number of piperazine rings is 1. The van der Waals surface area contributed by atoms with E-state index in [1.807, 2.05) is 31.2 Å².